The second-order valence-electron chi connectivity index (χ2n) is 2.63. The fourth-order valence-corrected chi connectivity index (χ4v) is 1.16. The second kappa shape index (κ2) is 5.12. The second-order valence-corrected chi connectivity index (χ2v) is 3.01. The Morgan fingerprint density at radius 2 is 2.42 bits per heavy atom. The molecule has 0 saturated heterocycles. The fraction of sp³-hybridized carbons (Fsp3) is 0.444. The first-order valence-electron chi connectivity index (χ1n) is 3.98. The molecule has 3 heteroatoms. The van der Waals surface area contributed by atoms with Crippen molar-refractivity contribution in [1.82, 2.24) is 4.98 Å². The van der Waals surface area contributed by atoms with Crippen molar-refractivity contribution in [2.75, 3.05) is 5.88 Å². The van der Waals surface area contributed by atoms with E-state index in [2.05, 4.69) is 4.98 Å². The average Bonchev–Trinajstić information content (AvgIpc) is 2.15. The highest BCUT2D eigenvalue weighted by atomic mass is 35.5. The zero-order valence-corrected chi connectivity index (χ0v) is 7.54. The lowest BCUT2D eigenvalue weighted by molar-refractivity contribution is 0.166. The van der Waals surface area contributed by atoms with Gasteiger partial charge in [-0.25, -0.2) is 0 Å². The van der Waals surface area contributed by atoms with E-state index in [1.54, 1.807) is 12.4 Å². The molecule has 0 saturated carbocycles. The molecule has 0 spiro atoms. The molecular formula is C9H12ClNO. The summed E-state index contributed by atoms with van der Waals surface area (Å²) in [5.41, 5.74) is 0.864. The molecule has 1 N–H and O–H groups in total. The summed E-state index contributed by atoms with van der Waals surface area (Å²) in [5.74, 6) is 0.595. The van der Waals surface area contributed by atoms with Crippen molar-refractivity contribution in [3.63, 3.8) is 0 Å². The van der Waals surface area contributed by atoms with Crippen LogP contribution < -0.4 is 0 Å². The lowest BCUT2D eigenvalue weighted by atomic mass is 10.1. The van der Waals surface area contributed by atoms with Crippen LogP contribution in [0.25, 0.3) is 0 Å². The first-order chi connectivity index (χ1) is 5.84. The number of halogens is 1. The highest BCUT2D eigenvalue weighted by Crippen LogP contribution is 2.16. The lowest BCUT2D eigenvalue weighted by Gasteiger charge is -2.08. The molecule has 0 fully saturated rings. The van der Waals surface area contributed by atoms with Gasteiger partial charge in [-0.15, -0.1) is 11.6 Å². The van der Waals surface area contributed by atoms with Gasteiger partial charge in [0.05, 0.1) is 6.10 Å². The number of nitrogens with zero attached hydrogens (tertiary/aromatic N) is 1. The number of hydrogen-bond acceptors (Lipinski definition) is 2. The molecule has 0 aliphatic carbocycles. The first kappa shape index (κ1) is 9.49. The Hall–Kier alpha value is -0.600. The van der Waals surface area contributed by atoms with Crippen LogP contribution in [0.5, 0.6) is 0 Å². The molecule has 2 nitrogen and oxygen atoms in total. The van der Waals surface area contributed by atoms with E-state index in [4.69, 9.17) is 11.6 Å². The van der Waals surface area contributed by atoms with Crippen molar-refractivity contribution in [2.45, 2.75) is 18.9 Å². The van der Waals surface area contributed by atoms with Gasteiger partial charge in [0.1, 0.15) is 0 Å². The maximum absolute atomic E-state index is 9.55. The summed E-state index contributed by atoms with van der Waals surface area (Å²) in [6.07, 6.45) is 4.49. The molecule has 0 aliphatic heterocycles. The van der Waals surface area contributed by atoms with E-state index in [0.29, 0.717) is 12.3 Å². The van der Waals surface area contributed by atoms with Gasteiger partial charge in [0.25, 0.3) is 0 Å². The Morgan fingerprint density at radius 3 is 3.00 bits per heavy atom. The van der Waals surface area contributed by atoms with Crippen molar-refractivity contribution >= 4 is 11.6 Å². The number of aromatic nitrogens is 1. The molecule has 0 aromatic carbocycles. The van der Waals surface area contributed by atoms with Crippen LogP contribution in [-0.4, -0.2) is 16.0 Å². The largest absolute Gasteiger partial charge is 0.388 e. The summed E-state index contributed by atoms with van der Waals surface area (Å²) in [5, 5.41) is 9.55. The van der Waals surface area contributed by atoms with E-state index in [1.807, 2.05) is 12.1 Å². The monoisotopic (exact) mass is 185 g/mol. The van der Waals surface area contributed by atoms with E-state index in [0.717, 1.165) is 12.0 Å². The summed E-state index contributed by atoms with van der Waals surface area (Å²) < 4.78 is 0. The van der Waals surface area contributed by atoms with Crippen LogP contribution in [0.3, 0.4) is 0 Å². The Kier molecular flexibility index (Phi) is 4.05. The van der Waals surface area contributed by atoms with Gasteiger partial charge in [-0.3, -0.25) is 4.98 Å². The first-order valence-corrected chi connectivity index (χ1v) is 4.52. The predicted octanol–water partition coefficient (Wildman–Crippen LogP) is 2.13. The summed E-state index contributed by atoms with van der Waals surface area (Å²) in [6.45, 7) is 0. The van der Waals surface area contributed by atoms with Crippen molar-refractivity contribution < 1.29 is 5.11 Å². The Morgan fingerprint density at radius 1 is 1.58 bits per heavy atom. The van der Waals surface area contributed by atoms with Crippen LogP contribution in [0.1, 0.15) is 24.5 Å². The van der Waals surface area contributed by atoms with Crippen LogP contribution in [-0.2, 0) is 0 Å². The summed E-state index contributed by atoms with van der Waals surface area (Å²) in [7, 11) is 0. The summed E-state index contributed by atoms with van der Waals surface area (Å²) >= 11 is 5.51. The van der Waals surface area contributed by atoms with Gasteiger partial charge in [-0.1, -0.05) is 6.07 Å². The van der Waals surface area contributed by atoms with Crippen molar-refractivity contribution in [2.24, 2.45) is 0 Å². The molecule has 1 atom stereocenters. The zero-order chi connectivity index (χ0) is 8.81. The average molecular weight is 186 g/mol. The molecule has 1 aromatic heterocycles. The minimum atomic E-state index is -0.419. The maximum atomic E-state index is 9.55. The van der Waals surface area contributed by atoms with Crippen LogP contribution in [0.4, 0.5) is 0 Å². The van der Waals surface area contributed by atoms with Gasteiger partial charge in [0.2, 0.25) is 0 Å². The van der Waals surface area contributed by atoms with Crippen LogP contribution >= 0.6 is 11.6 Å². The third-order valence-electron chi connectivity index (χ3n) is 1.68. The molecular weight excluding hydrogens is 174 g/mol. The van der Waals surface area contributed by atoms with E-state index in [1.165, 1.54) is 0 Å². The molecule has 12 heavy (non-hydrogen) atoms. The third kappa shape index (κ3) is 2.80. The molecule has 0 amide bonds. The summed E-state index contributed by atoms with van der Waals surface area (Å²) in [4.78, 5) is 3.92. The molecule has 0 bridgehead atoms. The van der Waals surface area contributed by atoms with Gasteiger partial charge < -0.3 is 5.11 Å². The standard InChI is InChI=1S/C9H12ClNO/c10-5-1-4-9(12)8-3-2-6-11-7-8/h2-3,6-7,9,12H,1,4-5H2. The van der Waals surface area contributed by atoms with Gasteiger partial charge in [0.15, 0.2) is 0 Å². The molecule has 66 valence electrons. The molecule has 1 unspecified atom stereocenters. The van der Waals surface area contributed by atoms with Gasteiger partial charge in [0, 0.05) is 18.3 Å². The maximum Gasteiger partial charge on any atom is 0.0805 e. The number of aliphatic hydroxyl groups excluding tert-OH is 1. The van der Waals surface area contributed by atoms with E-state index < -0.39 is 6.10 Å². The van der Waals surface area contributed by atoms with E-state index >= 15 is 0 Å². The number of alkyl halides is 1. The number of hydrogen-bond donors (Lipinski definition) is 1. The quantitative estimate of drug-likeness (QED) is 0.730. The van der Waals surface area contributed by atoms with Gasteiger partial charge >= 0.3 is 0 Å². The topological polar surface area (TPSA) is 33.1 Å². The fourth-order valence-electron chi connectivity index (χ4n) is 1.01. The number of rotatable bonds is 4. The Bertz CT molecular complexity index is 215. The molecule has 1 rings (SSSR count). The normalized spacial score (nSPS) is 12.8. The minimum absolute atomic E-state index is 0.419. The lowest BCUT2D eigenvalue weighted by Crippen LogP contribution is -1.97. The number of pyridine rings is 1. The third-order valence-corrected chi connectivity index (χ3v) is 1.95. The predicted molar refractivity (Wildman–Crippen MR) is 49.2 cm³/mol. The van der Waals surface area contributed by atoms with Crippen LogP contribution in [0.2, 0.25) is 0 Å². The molecule has 1 heterocycles. The van der Waals surface area contributed by atoms with E-state index in [9.17, 15) is 5.11 Å². The smallest absolute Gasteiger partial charge is 0.0805 e. The molecule has 0 radical (unpaired) electrons. The van der Waals surface area contributed by atoms with Crippen LogP contribution in [0, 0.1) is 0 Å². The SMILES string of the molecule is OC(CCCCl)c1cccnc1. The van der Waals surface area contributed by atoms with Gasteiger partial charge in [-0.05, 0) is 24.5 Å². The van der Waals surface area contributed by atoms with E-state index in [-0.39, 0.29) is 0 Å². The minimum Gasteiger partial charge on any atom is -0.388 e. The highest BCUT2D eigenvalue weighted by Gasteiger charge is 2.05. The Labute approximate surface area is 77.2 Å². The van der Waals surface area contributed by atoms with Crippen molar-refractivity contribution in [1.29, 1.82) is 0 Å². The highest BCUT2D eigenvalue weighted by molar-refractivity contribution is 6.17. The van der Waals surface area contributed by atoms with Crippen LogP contribution in [0.15, 0.2) is 24.5 Å². The molecule has 1 aromatic rings. The zero-order valence-electron chi connectivity index (χ0n) is 6.78. The van der Waals surface area contributed by atoms with Gasteiger partial charge in [-0.2, -0.15) is 0 Å². The molecule has 0 aliphatic rings. The number of aliphatic hydroxyl groups is 1. The Balaban J connectivity index is 2.48. The summed E-state index contributed by atoms with van der Waals surface area (Å²) in [6, 6.07) is 3.69. The van der Waals surface area contributed by atoms with Crippen molar-refractivity contribution in [3.05, 3.63) is 30.1 Å². The van der Waals surface area contributed by atoms with Crippen molar-refractivity contribution in [3.8, 4) is 0 Å².